The molecule has 2 rings (SSSR count). The largest absolute Gasteiger partial charge is 0.493 e. The third-order valence-electron chi connectivity index (χ3n) is 4.77. The van der Waals surface area contributed by atoms with Gasteiger partial charge in [0.1, 0.15) is 5.75 Å². The van der Waals surface area contributed by atoms with Gasteiger partial charge in [-0.15, -0.1) is 0 Å². The lowest BCUT2D eigenvalue weighted by Crippen LogP contribution is -2.39. The lowest BCUT2D eigenvalue weighted by Gasteiger charge is -2.37. The van der Waals surface area contributed by atoms with E-state index in [1.54, 1.807) is 0 Å². The molecule has 4 heteroatoms. The first-order valence-corrected chi connectivity index (χ1v) is 9.33. The molecule has 0 atom stereocenters. The van der Waals surface area contributed by atoms with E-state index in [4.69, 9.17) is 4.74 Å². The molecule has 1 fully saturated rings. The summed E-state index contributed by atoms with van der Waals surface area (Å²) in [6.07, 6.45) is 4.49. The first-order valence-electron chi connectivity index (χ1n) is 8.54. The van der Waals surface area contributed by atoms with Crippen LogP contribution in [0.15, 0.2) is 22.7 Å². The van der Waals surface area contributed by atoms with Crippen molar-refractivity contribution in [2.45, 2.75) is 59.4 Å². The highest BCUT2D eigenvalue weighted by molar-refractivity contribution is 9.10. The first kappa shape index (κ1) is 18.3. The number of hydrogen-bond donors (Lipinski definition) is 1. The highest BCUT2D eigenvalue weighted by Crippen LogP contribution is 2.37. The van der Waals surface area contributed by atoms with Crippen LogP contribution in [0.4, 0.5) is 0 Å². The van der Waals surface area contributed by atoms with Gasteiger partial charge in [-0.2, -0.15) is 0 Å². The maximum atomic E-state index is 12.6. The Bertz CT molecular complexity index is 543. The SMILES string of the molecule is CCOc1ccc(Br)cc1C(=O)NC1CCC(C(C)(C)C)CC1. The van der Waals surface area contributed by atoms with E-state index in [0.29, 0.717) is 23.3 Å². The number of hydrogen-bond acceptors (Lipinski definition) is 2. The van der Waals surface area contributed by atoms with Crippen LogP contribution < -0.4 is 10.1 Å². The van der Waals surface area contributed by atoms with Crippen molar-refractivity contribution >= 4 is 21.8 Å². The topological polar surface area (TPSA) is 38.3 Å². The van der Waals surface area contributed by atoms with E-state index < -0.39 is 0 Å². The van der Waals surface area contributed by atoms with Crippen LogP contribution in [0.5, 0.6) is 5.75 Å². The summed E-state index contributed by atoms with van der Waals surface area (Å²) in [5.41, 5.74) is 0.973. The van der Waals surface area contributed by atoms with Gasteiger partial charge in [0, 0.05) is 10.5 Å². The van der Waals surface area contributed by atoms with E-state index in [1.807, 2.05) is 25.1 Å². The molecule has 0 aromatic heterocycles. The van der Waals surface area contributed by atoms with E-state index in [2.05, 4.69) is 42.0 Å². The van der Waals surface area contributed by atoms with Gasteiger partial charge in [0.25, 0.3) is 5.91 Å². The maximum absolute atomic E-state index is 12.6. The predicted octanol–water partition coefficient (Wildman–Crippen LogP) is 5.18. The highest BCUT2D eigenvalue weighted by atomic mass is 79.9. The summed E-state index contributed by atoms with van der Waals surface area (Å²) < 4.78 is 6.47. The van der Waals surface area contributed by atoms with Gasteiger partial charge < -0.3 is 10.1 Å². The van der Waals surface area contributed by atoms with Crippen molar-refractivity contribution in [3.05, 3.63) is 28.2 Å². The Balaban J connectivity index is 1.99. The molecule has 1 aromatic rings. The second kappa shape index (κ2) is 7.69. The summed E-state index contributed by atoms with van der Waals surface area (Å²) in [7, 11) is 0. The molecule has 23 heavy (non-hydrogen) atoms. The van der Waals surface area contributed by atoms with E-state index in [9.17, 15) is 4.79 Å². The summed E-state index contributed by atoms with van der Waals surface area (Å²) in [4.78, 5) is 12.6. The predicted molar refractivity (Wildman–Crippen MR) is 98.0 cm³/mol. The monoisotopic (exact) mass is 381 g/mol. The Hall–Kier alpha value is -1.03. The standard InChI is InChI=1S/C19H28BrNO2/c1-5-23-17-11-8-14(20)12-16(17)18(22)21-15-9-6-13(7-10-15)19(2,3)4/h8,11-13,15H,5-7,9-10H2,1-4H3,(H,21,22). The molecular formula is C19H28BrNO2. The number of benzene rings is 1. The van der Waals surface area contributed by atoms with Gasteiger partial charge in [-0.05, 0) is 62.1 Å². The normalized spacial score (nSPS) is 21.8. The minimum absolute atomic E-state index is 0.0334. The summed E-state index contributed by atoms with van der Waals surface area (Å²) in [6.45, 7) is 9.42. The Kier molecular flexibility index (Phi) is 6.12. The number of rotatable bonds is 4. The quantitative estimate of drug-likeness (QED) is 0.779. The van der Waals surface area contributed by atoms with Crippen LogP contribution in [0.3, 0.4) is 0 Å². The fourth-order valence-corrected chi connectivity index (χ4v) is 3.69. The number of ether oxygens (including phenoxy) is 1. The molecule has 1 aliphatic rings. The van der Waals surface area contributed by atoms with Crippen LogP contribution in [-0.2, 0) is 0 Å². The Morgan fingerprint density at radius 2 is 1.91 bits per heavy atom. The maximum Gasteiger partial charge on any atom is 0.255 e. The molecule has 0 spiro atoms. The second-order valence-corrected chi connectivity index (χ2v) is 8.38. The number of halogens is 1. The zero-order valence-corrected chi connectivity index (χ0v) is 16.2. The third-order valence-corrected chi connectivity index (χ3v) is 5.27. The molecule has 128 valence electrons. The van der Waals surface area contributed by atoms with E-state index >= 15 is 0 Å². The van der Waals surface area contributed by atoms with Gasteiger partial charge in [0.15, 0.2) is 0 Å². The number of carbonyl (C=O) groups excluding carboxylic acids is 1. The molecule has 0 bridgehead atoms. The van der Waals surface area contributed by atoms with Crippen molar-refractivity contribution in [2.75, 3.05) is 6.61 Å². The van der Waals surface area contributed by atoms with Crippen molar-refractivity contribution in [3.63, 3.8) is 0 Å². The third kappa shape index (κ3) is 4.97. The molecule has 0 unspecified atom stereocenters. The van der Waals surface area contributed by atoms with Crippen LogP contribution in [-0.4, -0.2) is 18.6 Å². The molecule has 1 amide bonds. The van der Waals surface area contributed by atoms with Crippen molar-refractivity contribution < 1.29 is 9.53 Å². The average Bonchev–Trinajstić information content (AvgIpc) is 2.49. The molecule has 0 saturated heterocycles. The molecule has 1 N–H and O–H groups in total. The Morgan fingerprint density at radius 3 is 2.48 bits per heavy atom. The van der Waals surface area contributed by atoms with Crippen LogP contribution in [0.1, 0.15) is 63.7 Å². The molecule has 0 radical (unpaired) electrons. The fraction of sp³-hybridized carbons (Fsp3) is 0.632. The zero-order valence-electron chi connectivity index (χ0n) is 14.6. The smallest absolute Gasteiger partial charge is 0.255 e. The average molecular weight is 382 g/mol. The highest BCUT2D eigenvalue weighted by Gasteiger charge is 2.30. The molecule has 1 aliphatic carbocycles. The van der Waals surface area contributed by atoms with Crippen LogP contribution >= 0.6 is 15.9 Å². The lowest BCUT2D eigenvalue weighted by molar-refractivity contribution is 0.0900. The van der Waals surface area contributed by atoms with Gasteiger partial charge in [-0.25, -0.2) is 0 Å². The number of amides is 1. The molecule has 1 aromatic carbocycles. The van der Waals surface area contributed by atoms with Gasteiger partial charge in [0.2, 0.25) is 0 Å². The summed E-state index contributed by atoms with van der Waals surface area (Å²) in [5, 5.41) is 3.19. The summed E-state index contributed by atoms with van der Waals surface area (Å²) in [5.74, 6) is 1.37. The summed E-state index contributed by atoms with van der Waals surface area (Å²) in [6, 6.07) is 5.85. The van der Waals surface area contributed by atoms with Gasteiger partial charge >= 0.3 is 0 Å². The van der Waals surface area contributed by atoms with Gasteiger partial charge in [0.05, 0.1) is 12.2 Å². The first-order chi connectivity index (χ1) is 10.8. The molecule has 1 saturated carbocycles. The minimum Gasteiger partial charge on any atom is -0.493 e. The molecule has 0 aliphatic heterocycles. The molecule has 0 heterocycles. The van der Waals surface area contributed by atoms with E-state index in [0.717, 1.165) is 23.2 Å². The van der Waals surface area contributed by atoms with Crippen molar-refractivity contribution in [1.82, 2.24) is 5.32 Å². The summed E-state index contributed by atoms with van der Waals surface area (Å²) >= 11 is 3.44. The van der Waals surface area contributed by atoms with Crippen LogP contribution in [0, 0.1) is 11.3 Å². The Morgan fingerprint density at radius 1 is 1.26 bits per heavy atom. The van der Waals surface area contributed by atoms with E-state index in [1.165, 1.54) is 12.8 Å². The number of carbonyl (C=O) groups is 1. The minimum atomic E-state index is -0.0334. The number of nitrogens with one attached hydrogen (secondary N) is 1. The van der Waals surface area contributed by atoms with Gasteiger partial charge in [-0.1, -0.05) is 36.7 Å². The van der Waals surface area contributed by atoms with Crippen molar-refractivity contribution in [1.29, 1.82) is 0 Å². The van der Waals surface area contributed by atoms with E-state index in [-0.39, 0.29) is 11.9 Å². The zero-order chi connectivity index (χ0) is 17.0. The molecule has 3 nitrogen and oxygen atoms in total. The molecular weight excluding hydrogens is 354 g/mol. The van der Waals surface area contributed by atoms with Crippen molar-refractivity contribution in [2.24, 2.45) is 11.3 Å². The fourth-order valence-electron chi connectivity index (χ4n) is 3.33. The Labute approximate surface area is 148 Å². The van der Waals surface area contributed by atoms with Crippen LogP contribution in [0.2, 0.25) is 0 Å². The lowest BCUT2D eigenvalue weighted by atomic mass is 9.71. The second-order valence-electron chi connectivity index (χ2n) is 7.46. The van der Waals surface area contributed by atoms with Crippen LogP contribution in [0.25, 0.3) is 0 Å². The van der Waals surface area contributed by atoms with Crippen molar-refractivity contribution in [3.8, 4) is 5.75 Å². The van der Waals surface area contributed by atoms with Gasteiger partial charge in [-0.3, -0.25) is 4.79 Å².